The number of carbonyl (C=O) groups is 2. The molecule has 2 heterocycles. The number of nitrogens with zero attached hydrogens (tertiary/aromatic N) is 3. The number of carbonyl (C=O) groups excluding carboxylic acids is 2. The van der Waals surface area contributed by atoms with Crippen LogP contribution in [0.1, 0.15) is 64.5 Å². The monoisotopic (exact) mass is 695 g/mol. The van der Waals surface area contributed by atoms with Gasteiger partial charge in [-0.2, -0.15) is 5.10 Å². The van der Waals surface area contributed by atoms with E-state index in [1.807, 2.05) is 41.5 Å². The van der Waals surface area contributed by atoms with Crippen molar-refractivity contribution in [1.29, 1.82) is 0 Å². The molecule has 0 amide bonds. The molecule has 0 aliphatic carbocycles. The molecule has 0 spiro atoms. The summed E-state index contributed by atoms with van der Waals surface area (Å²) in [5.41, 5.74) is 16.5. The van der Waals surface area contributed by atoms with Gasteiger partial charge in [0.1, 0.15) is 17.8 Å². The van der Waals surface area contributed by atoms with Crippen LogP contribution in [0.5, 0.6) is 0 Å². The SMILES string of the molecule is CC.CC.CC.CC=O.CNN.CNNc1cc(-n2ncc(C(=O)c3cc4ccccc4n3S(=O)(=O)c3ccccc3)c2NC)ccc1N. The van der Waals surface area contributed by atoms with Crippen molar-refractivity contribution in [2.75, 3.05) is 37.6 Å². The molecule has 0 radical (unpaired) electrons. The highest BCUT2D eigenvalue weighted by molar-refractivity contribution is 7.90. The van der Waals surface area contributed by atoms with E-state index in [2.05, 4.69) is 32.5 Å². The van der Waals surface area contributed by atoms with Crippen molar-refractivity contribution in [2.24, 2.45) is 5.84 Å². The van der Waals surface area contributed by atoms with Crippen LogP contribution in [0.2, 0.25) is 0 Å². The summed E-state index contributed by atoms with van der Waals surface area (Å²) in [5, 5.41) is 8.09. The third-order valence-corrected chi connectivity index (χ3v) is 7.71. The van der Waals surface area contributed by atoms with Crippen molar-refractivity contribution in [2.45, 2.75) is 53.4 Å². The van der Waals surface area contributed by atoms with E-state index in [4.69, 9.17) is 10.5 Å². The summed E-state index contributed by atoms with van der Waals surface area (Å²) in [6.07, 6.45) is 2.17. The number of nitrogens with two attached hydrogens (primary N) is 2. The summed E-state index contributed by atoms with van der Waals surface area (Å²) in [6.45, 7) is 13.4. The normalized spacial score (nSPS) is 9.69. The van der Waals surface area contributed by atoms with Crippen molar-refractivity contribution < 1.29 is 18.0 Å². The Morgan fingerprint density at radius 1 is 0.857 bits per heavy atom. The van der Waals surface area contributed by atoms with Crippen LogP contribution in [0.4, 0.5) is 17.2 Å². The quantitative estimate of drug-likeness (QED) is 0.0376. The van der Waals surface area contributed by atoms with Crippen molar-refractivity contribution in [3.8, 4) is 5.69 Å². The maximum Gasteiger partial charge on any atom is 0.268 e. The first-order valence-corrected chi connectivity index (χ1v) is 17.4. The molecule has 14 heteroatoms. The lowest BCUT2D eigenvalue weighted by molar-refractivity contribution is -0.106. The van der Waals surface area contributed by atoms with Crippen molar-refractivity contribution in [1.82, 2.24) is 24.6 Å². The fourth-order valence-corrected chi connectivity index (χ4v) is 5.78. The Kier molecular flexibility index (Phi) is 20.9. The highest BCUT2D eigenvalue weighted by atomic mass is 32.2. The second kappa shape index (κ2) is 23.3. The molecule has 5 rings (SSSR count). The van der Waals surface area contributed by atoms with Gasteiger partial charge >= 0.3 is 0 Å². The lowest BCUT2D eigenvalue weighted by Crippen LogP contribution is -2.19. The molecule has 8 N–H and O–H groups in total. The highest BCUT2D eigenvalue weighted by Gasteiger charge is 2.29. The molecule has 0 unspecified atom stereocenters. The molecule has 13 nitrogen and oxygen atoms in total. The number of ketones is 1. The van der Waals surface area contributed by atoms with Gasteiger partial charge in [0.15, 0.2) is 0 Å². The summed E-state index contributed by atoms with van der Waals surface area (Å²) in [5.74, 6) is 4.51. The van der Waals surface area contributed by atoms with Crippen LogP contribution < -0.4 is 33.2 Å². The first-order chi connectivity index (χ1) is 23.7. The topological polar surface area (TPSA) is 191 Å². The third-order valence-electron chi connectivity index (χ3n) is 5.97. The number of hydrazine groups is 2. The Morgan fingerprint density at radius 3 is 1.96 bits per heavy atom. The number of anilines is 3. The summed E-state index contributed by atoms with van der Waals surface area (Å²) in [6, 6.07) is 21.9. The zero-order chi connectivity index (χ0) is 37.6. The minimum absolute atomic E-state index is 0.0101. The standard InChI is InChI=1S/C26H25N7O3S.C2H4O.3C2H6.CH6N2/c1-28-26-20(16-30-32(26)18-12-13-21(27)22(15-18)31-29-2)25(34)24-14-17-8-6-7-11-23(17)33(24)37(35,36)19-9-4-3-5-10-19;1-2-3;3*1-2;1-3-2/h3-16,28-29,31H,27H2,1-2H3;2H,1H3;3*1-2H3;3H,2H2,1H3. The van der Waals surface area contributed by atoms with Gasteiger partial charge in [0.25, 0.3) is 10.0 Å². The summed E-state index contributed by atoms with van der Waals surface area (Å²) >= 11 is 0. The number of nitrogens with one attached hydrogen (secondary N) is 4. The van der Waals surface area contributed by atoms with E-state index < -0.39 is 15.8 Å². The third kappa shape index (κ3) is 11.0. The summed E-state index contributed by atoms with van der Waals surface area (Å²) < 4.78 is 30.1. The number of para-hydroxylation sites is 1. The summed E-state index contributed by atoms with van der Waals surface area (Å²) in [7, 11) is 0.976. The molecule has 0 aliphatic heterocycles. The molecule has 0 atom stereocenters. The molecule has 0 bridgehead atoms. The Labute approximate surface area is 291 Å². The van der Waals surface area contributed by atoms with E-state index in [9.17, 15) is 13.2 Å². The predicted octanol–water partition coefficient (Wildman–Crippen LogP) is 5.83. The number of aromatic nitrogens is 3. The molecule has 0 fully saturated rings. The highest BCUT2D eigenvalue weighted by Crippen LogP contribution is 2.31. The number of benzene rings is 3. The Hall–Kier alpha value is -5.02. The molecule has 0 saturated carbocycles. The number of aldehydes is 1. The minimum atomic E-state index is -4.07. The number of fused-ring (bicyclic) bond motifs is 1. The number of rotatable bonds is 8. The van der Waals surface area contributed by atoms with E-state index >= 15 is 0 Å². The van der Waals surface area contributed by atoms with E-state index in [0.29, 0.717) is 33.8 Å². The number of hydrogen-bond donors (Lipinski definition) is 6. The molecular weight excluding hydrogens is 643 g/mol. The van der Waals surface area contributed by atoms with Crippen molar-refractivity contribution >= 4 is 50.2 Å². The minimum Gasteiger partial charge on any atom is -0.397 e. The Balaban J connectivity index is 0.00000171. The van der Waals surface area contributed by atoms with Gasteiger partial charge < -0.3 is 21.3 Å². The van der Waals surface area contributed by atoms with Gasteiger partial charge in [-0.05, 0) is 56.4 Å². The van der Waals surface area contributed by atoms with Gasteiger partial charge in [-0.25, -0.2) is 22.5 Å². The molecule has 5 aromatic rings. The van der Waals surface area contributed by atoms with Gasteiger partial charge in [0.05, 0.1) is 39.2 Å². The first kappa shape index (κ1) is 44.0. The zero-order valence-electron chi connectivity index (χ0n) is 30.2. The van der Waals surface area contributed by atoms with E-state index in [1.165, 1.54) is 25.3 Å². The molecule has 0 saturated heterocycles. The average molecular weight is 696 g/mol. The number of nitrogen functional groups attached to an aromatic ring is 1. The van der Waals surface area contributed by atoms with Crippen molar-refractivity contribution in [3.05, 3.63) is 96.3 Å². The maximum atomic E-state index is 13.9. The van der Waals surface area contributed by atoms with Crippen LogP contribution in [-0.4, -0.2) is 55.4 Å². The second-order valence-corrected chi connectivity index (χ2v) is 10.5. The van der Waals surface area contributed by atoms with Crippen LogP contribution in [0, 0.1) is 0 Å². The summed E-state index contributed by atoms with van der Waals surface area (Å²) in [4.78, 5) is 22.8. The van der Waals surface area contributed by atoms with Crippen LogP contribution in [0.3, 0.4) is 0 Å². The smallest absolute Gasteiger partial charge is 0.268 e. The van der Waals surface area contributed by atoms with Gasteiger partial charge in [0.2, 0.25) is 5.78 Å². The van der Waals surface area contributed by atoms with Gasteiger partial charge in [-0.1, -0.05) is 77.9 Å². The molecule has 268 valence electrons. The lowest BCUT2D eigenvalue weighted by atomic mass is 10.1. The zero-order valence-corrected chi connectivity index (χ0v) is 31.0. The number of hydrogen-bond acceptors (Lipinski definition) is 11. The van der Waals surface area contributed by atoms with Crippen LogP contribution in [0.15, 0.2) is 90.0 Å². The molecule has 49 heavy (non-hydrogen) atoms. The van der Waals surface area contributed by atoms with Gasteiger partial charge in [-0.15, -0.1) is 0 Å². The van der Waals surface area contributed by atoms with E-state index in [1.54, 1.807) is 92.6 Å². The fourth-order valence-electron chi connectivity index (χ4n) is 4.25. The van der Waals surface area contributed by atoms with Crippen molar-refractivity contribution in [3.63, 3.8) is 0 Å². The fraction of sp³-hybridized carbons (Fsp3) is 0.286. The Morgan fingerprint density at radius 2 is 1.41 bits per heavy atom. The van der Waals surface area contributed by atoms with Gasteiger partial charge in [0, 0.05) is 19.5 Å². The predicted molar refractivity (Wildman–Crippen MR) is 204 cm³/mol. The first-order valence-electron chi connectivity index (χ1n) is 16.0. The van der Waals surface area contributed by atoms with E-state index in [0.717, 1.165) is 10.3 Å². The van der Waals surface area contributed by atoms with E-state index in [-0.39, 0.29) is 16.2 Å². The largest absolute Gasteiger partial charge is 0.397 e. The molecule has 3 aromatic carbocycles. The lowest BCUT2D eigenvalue weighted by Gasteiger charge is -2.13. The van der Waals surface area contributed by atoms with Gasteiger partial charge in [-0.3, -0.25) is 16.1 Å². The second-order valence-electron chi connectivity index (χ2n) is 8.74. The molecule has 0 aliphatic rings. The maximum absolute atomic E-state index is 13.9. The molecular formula is C35H53N9O4S. The van der Waals surface area contributed by atoms with Crippen LogP contribution >= 0.6 is 0 Å². The van der Waals surface area contributed by atoms with Crippen LogP contribution in [0.25, 0.3) is 16.6 Å². The Bertz CT molecular complexity index is 1800. The average Bonchev–Trinajstić information content (AvgIpc) is 3.75. The molecule has 2 aromatic heterocycles. The van der Waals surface area contributed by atoms with Crippen LogP contribution in [-0.2, 0) is 14.8 Å².